The van der Waals surface area contributed by atoms with Crippen LogP contribution in [-0.4, -0.2) is 24.4 Å². The molecule has 1 amide bonds. The lowest BCUT2D eigenvalue weighted by atomic mass is 9.97. The first-order valence-corrected chi connectivity index (χ1v) is 6.13. The third-order valence-corrected chi connectivity index (χ3v) is 3.19. The number of nitriles is 1. The molecule has 0 unspecified atom stereocenters. The van der Waals surface area contributed by atoms with Crippen LogP contribution in [-0.2, 0) is 11.2 Å². The number of nitrogens with zero attached hydrogens (tertiary/aromatic N) is 2. The van der Waals surface area contributed by atoms with Crippen molar-refractivity contribution in [3.05, 3.63) is 34.4 Å². The highest BCUT2D eigenvalue weighted by atomic mass is 16.2. The minimum atomic E-state index is -0.111. The zero-order chi connectivity index (χ0) is 13.7. The molecule has 0 aliphatic carbocycles. The number of amides is 1. The van der Waals surface area contributed by atoms with Crippen LogP contribution >= 0.6 is 0 Å². The maximum Gasteiger partial charge on any atom is 0.236 e. The van der Waals surface area contributed by atoms with Gasteiger partial charge in [-0.15, -0.1) is 0 Å². The van der Waals surface area contributed by atoms with Crippen molar-refractivity contribution in [1.29, 1.82) is 5.26 Å². The zero-order valence-electron chi connectivity index (χ0n) is 11.6. The van der Waals surface area contributed by atoms with Gasteiger partial charge < -0.3 is 4.90 Å². The van der Waals surface area contributed by atoms with E-state index in [2.05, 4.69) is 32.9 Å². The summed E-state index contributed by atoms with van der Waals surface area (Å²) >= 11 is 0. The van der Waals surface area contributed by atoms with Gasteiger partial charge in [0.25, 0.3) is 0 Å². The summed E-state index contributed by atoms with van der Waals surface area (Å²) in [7, 11) is 1.75. The van der Waals surface area contributed by atoms with Crippen LogP contribution in [0.5, 0.6) is 0 Å². The van der Waals surface area contributed by atoms with E-state index in [4.69, 9.17) is 5.26 Å². The predicted molar refractivity (Wildman–Crippen MR) is 72.2 cm³/mol. The Balaban J connectivity index is 2.70. The number of carbonyl (C=O) groups is 1. The summed E-state index contributed by atoms with van der Waals surface area (Å²) in [6, 6.07) is 6.22. The molecule has 1 rings (SSSR count). The number of aryl methyl sites for hydroxylation is 3. The second-order valence-corrected chi connectivity index (χ2v) is 4.78. The maximum atomic E-state index is 11.5. The van der Waals surface area contributed by atoms with Gasteiger partial charge in [0.1, 0.15) is 6.42 Å². The monoisotopic (exact) mass is 244 g/mol. The van der Waals surface area contributed by atoms with E-state index in [0.717, 1.165) is 6.42 Å². The standard InChI is InChI=1S/C15H20N2O/c1-11-9-12(2)14(13(3)10-11)6-8-17(4)15(18)5-7-16/h9-10H,5-6,8H2,1-4H3. The highest BCUT2D eigenvalue weighted by molar-refractivity contribution is 5.77. The van der Waals surface area contributed by atoms with Crippen LogP contribution in [0.1, 0.15) is 28.7 Å². The second-order valence-electron chi connectivity index (χ2n) is 4.78. The second kappa shape index (κ2) is 6.20. The summed E-state index contributed by atoms with van der Waals surface area (Å²) in [5.41, 5.74) is 5.11. The summed E-state index contributed by atoms with van der Waals surface area (Å²) in [6.07, 6.45) is 0.800. The van der Waals surface area contributed by atoms with E-state index in [1.807, 2.05) is 6.07 Å². The number of benzene rings is 1. The first-order valence-electron chi connectivity index (χ1n) is 6.13. The zero-order valence-corrected chi connectivity index (χ0v) is 11.6. The number of rotatable bonds is 4. The van der Waals surface area contributed by atoms with E-state index in [0.29, 0.717) is 6.54 Å². The van der Waals surface area contributed by atoms with Gasteiger partial charge in [-0.05, 0) is 43.9 Å². The molecule has 18 heavy (non-hydrogen) atoms. The van der Waals surface area contributed by atoms with Gasteiger partial charge in [-0.25, -0.2) is 0 Å². The van der Waals surface area contributed by atoms with Gasteiger partial charge >= 0.3 is 0 Å². The average molecular weight is 244 g/mol. The van der Waals surface area contributed by atoms with Gasteiger partial charge in [0.2, 0.25) is 5.91 Å². The van der Waals surface area contributed by atoms with Crippen molar-refractivity contribution in [2.75, 3.05) is 13.6 Å². The predicted octanol–water partition coefficient (Wildman–Crippen LogP) is 2.53. The lowest BCUT2D eigenvalue weighted by molar-refractivity contribution is -0.128. The molecule has 1 aromatic carbocycles. The van der Waals surface area contributed by atoms with Gasteiger partial charge in [0.15, 0.2) is 0 Å². The Morgan fingerprint density at radius 1 is 1.28 bits per heavy atom. The summed E-state index contributed by atoms with van der Waals surface area (Å²) in [4.78, 5) is 13.1. The molecule has 0 bridgehead atoms. The van der Waals surface area contributed by atoms with Crippen LogP contribution in [0.3, 0.4) is 0 Å². The fraction of sp³-hybridized carbons (Fsp3) is 0.467. The Morgan fingerprint density at radius 2 is 1.83 bits per heavy atom. The molecular weight excluding hydrogens is 224 g/mol. The molecule has 3 heteroatoms. The first kappa shape index (κ1) is 14.2. The third-order valence-electron chi connectivity index (χ3n) is 3.19. The summed E-state index contributed by atoms with van der Waals surface area (Å²) in [5.74, 6) is -0.111. The van der Waals surface area contributed by atoms with Crippen molar-refractivity contribution in [1.82, 2.24) is 4.90 Å². The normalized spacial score (nSPS) is 9.94. The van der Waals surface area contributed by atoms with Crippen LogP contribution in [0, 0.1) is 32.1 Å². The quantitative estimate of drug-likeness (QED) is 0.817. The van der Waals surface area contributed by atoms with Crippen molar-refractivity contribution in [3.8, 4) is 6.07 Å². The van der Waals surface area contributed by atoms with E-state index in [9.17, 15) is 4.79 Å². The van der Waals surface area contributed by atoms with Crippen LogP contribution < -0.4 is 0 Å². The molecule has 1 aromatic rings. The third kappa shape index (κ3) is 3.59. The van der Waals surface area contributed by atoms with Gasteiger partial charge in [-0.1, -0.05) is 17.7 Å². The molecule has 0 aliphatic rings. The van der Waals surface area contributed by atoms with E-state index in [-0.39, 0.29) is 12.3 Å². The molecule has 0 atom stereocenters. The maximum absolute atomic E-state index is 11.5. The highest BCUT2D eigenvalue weighted by Crippen LogP contribution is 2.17. The Labute approximate surface area is 109 Å². The van der Waals surface area contributed by atoms with Gasteiger partial charge in [-0.3, -0.25) is 4.79 Å². The summed E-state index contributed by atoms with van der Waals surface area (Å²) < 4.78 is 0. The molecule has 0 spiro atoms. The van der Waals surface area contributed by atoms with E-state index >= 15 is 0 Å². The van der Waals surface area contributed by atoms with E-state index < -0.39 is 0 Å². The number of likely N-dealkylation sites (N-methyl/N-ethyl adjacent to an activating group) is 1. The van der Waals surface area contributed by atoms with Gasteiger partial charge in [0, 0.05) is 13.6 Å². The van der Waals surface area contributed by atoms with Crippen LogP contribution in [0.15, 0.2) is 12.1 Å². The van der Waals surface area contributed by atoms with Crippen LogP contribution in [0.4, 0.5) is 0 Å². The van der Waals surface area contributed by atoms with Crippen molar-refractivity contribution >= 4 is 5.91 Å². The van der Waals surface area contributed by atoms with E-state index in [1.165, 1.54) is 22.3 Å². The lowest BCUT2D eigenvalue weighted by Gasteiger charge is -2.18. The molecule has 0 radical (unpaired) electrons. The molecular formula is C15H20N2O. The molecule has 0 aliphatic heterocycles. The number of hydrogen-bond acceptors (Lipinski definition) is 2. The Hall–Kier alpha value is -1.82. The largest absolute Gasteiger partial charge is 0.345 e. The van der Waals surface area contributed by atoms with Crippen molar-refractivity contribution in [2.24, 2.45) is 0 Å². The number of carbonyl (C=O) groups excluding carboxylic acids is 1. The van der Waals surface area contributed by atoms with Crippen molar-refractivity contribution in [3.63, 3.8) is 0 Å². The fourth-order valence-corrected chi connectivity index (χ4v) is 2.21. The SMILES string of the molecule is Cc1cc(C)c(CCN(C)C(=O)CC#N)c(C)c1. The lowest BCUT2D eigenvalue weighted by Crippen LogP contribution is -2.28. The van der Waals surface area contributed by atoms with Crippen LogP contribution in [0.25, 0.3) is 0 Å². The molecule has 0 N–H and O–H groups in total. The topological polar surface area (TPSA) is 44.1 Å². The molecule has 0 fully saturated rings. The minimum Gasteiger partial charge on any atom is -0.345 e. The van der Waals surface area contributed by atoms with Crippen LogP contribution in [0.2, 0.25) is 0 Å². The number of hydrogen-bond donors (Lipinski definition) is 0. The summed E-state index contributed by atoms with van der Waals surface area (Å²) in [5, 5.41) is 8.49. The van der Waals surface area contributed by atoms with Crippen molar-refractivity contribution in [2.45, 2.75) is 33.6 Å². The average Bonchev–Trinajstić information content (AvgIpc) is 2.27. The van der Waals surface area contributed by atoms with Gasteiger partial charge in [0.05, 0.1) is 6.07 Å². The molecule has 0 aromatic heterocycles. The molecule has 96 valence electrons. The van der Waals surface area contributed by atoms with E-state index in [1.54, 1.807) is 11.9 Å². The van der Waals surface area contributed by atoms with Gasteiger partial charge in [-0.2, -0.15) is 5.26 Å². The smallest absolute Gasteiger partial charge is 0.236 e. The first-order chi connectivity index (χ1) is 8.45. The minimum absolute atomic E-state index is 0.0393. The Kier molecular flexibility index (Phi) is 4.91. The Bertz CT molecular complexity index is 463. The molecule has 0 saturated heterocycles. The Morgan fingerprint density at radius 3 is 2.33 bits per heavy atom. The summed E-state index contributed by atoms with van der Waals surface area (Å²) in [6.45, 7) is 6.95. The fourth-order valence-electron chi connectivity index (χ4n) is 2.21. The molecule has 0 heterocycles. The highest BCUT2D eigenvalue weighted by Gasteiger charge is 2.10. The van der Waals surface area contributed by atoms with Crippen molar-refractivity contribution < 1.29 is 4.79 Å². The molecule has 3 nitrogen and oxygen atoms in total. The molecule has 0 saturated carbocycles.